The summed E-state index contributed by atoms with van der Waals surface area (Å²) in [6.07, 6.45) is -0.706. The van der Waals surface area contributed by atoms with Gasteiger partial charge in [0, 0.05) is 20.6 Å². The van der Waals surface area contributed by atoms with E-state index in [1.54, 1.807) is 14.2 Å². The molecule has 0 radical (unpaired) electrons. The highest BCUT2D eigenvalue weighted by Gasteiger charge is 2.46. The van der Waals surface area contributed by atoms with Gasteiger partial charge in [-0.25, -0.2) is 0 Å². The molecule has 0 fully saturated rings. The first-order valence-electron chi connectivity index (χ1n) is 9.11. The molecule has 3 aromatic carbocycles. The molecule has 3 heteroatoms. The average Bonchev–Trinajstić information content (AvgIpc) is 2.71. The van der Waals surface area contributed by atoms with Gasteiger partial charge in [0.15, 0.2) is 0 Å². The molecule has 1 N–H and O–H groups in total. The predicted octanol–water partition coefficient (Wildman–Crippen LogP) is 4.74. The van der Waals surface area contributed by atoms with E-state index in [-0.39, 0.29) is 0 Å². The van der Waals surface area contributed by atoms with Gasteiger partial charge in [-0.05, 0) is 16.7 Å². The van der Waals surface area contributed by atoms with E-state index < -0.39 is 17.8 Å². The first kappa shape index (κ1) is 19.3. The Labute approximate surface area is 161 Å². The maximum atomic E-state index is 12.0. The zero-order chi connectivity index (χ0) is 19.1. The second kappa shape index (κ2) is 8.96. The molecule has 0 heterocycles. The second-order valence-corrected chi connectivity index (χ2v) is 6.71. The molecule has 0 aliphatic carbocycles. The van der Waals surface area contributed by atoms with Crippen molar-refractivity contribution in [2.24, 2.45) is 0 Å². The summed E-state index contributed by atoms with van der Waals surface area (Å²) >= 11 is 0. The topological polar surface area (TPSA) is 38.7 Å². The number of ether oxygens (including phenoxy) is 2. The standard InChI is InChI=1S/C24H26O3/c1-26-22(20-14-8-4-9-15-20)24(25,18-19-12-6-3-7-13-19)23(27-2)21-16-10-5-11-17-21/h3-17,22-23,25H,18H2,1-2H3. The number of methoxy groups -OCH3 is 2. The van der Waals surface area contributed by atoms with Crippen LogP contribution in [0.2, 0.25) is 0 Å². The third-order valence-corrected chi connectivity index (χ3v) is 4.91. The van der Waals surface area contributed by atoms with Crippen molar-refractivity contribution < 1.29 is 14.6 Å². The Morgan fingerprint density at radius 2 is 1.04 bits per heavy atom. The predicted molar refractivity (Wildman–Crippen MR) is 107 cm³/mol. The molecule has 0 aromatic heterocycles. The maximum Gasteiger partial charge on any atom is 0.129 e. The van der Waals surface area contributed by atoms with Crippen molar-refractivity contribution in [2.75, 3.05) is 14.2 Å². The molecule has 3 rings (SSSR count). The van der Waals surface area contributed by atoms with Crippen molar-refractivity contribution in [3.05, 3.63) is 108 Å². The average molecular weight is 362 g/mol. The van der Waals surface area contributed by atoms with Crippen LogP contribution < -0.4 is 0 Å². The van der Waals surface area contributed by atoms with E-state index in [4.69, 9.17) is 9.47 Å². The zero-order valence-electron chi connectivity index (χ0n) is 15.8. The van der Waals surface area contributed by atoms with Gasteiger partial charge in [-0.2, -0.15) is 0 Å². The van der Waals surface area contributed by atoms with Crippen LogP contribution in [0.5, 0.6) is 0 Å². The molecule has 0 amide bonds. The lowest BCUT2D eigenvalue weighted by atomic mass is 9.78. The minimum Gasteiger partial charge on any atom is -0.383 e. The Balaban J connectivity index is 2.09. The van der Waals surface area contributed by atoms with Crippen LogP contribution in [0, 0.1) is 0 Å². The summed E-state index contributed by atoms with van der Waals surface area (Å²) in [4.78, 5) is 0. The fourth-order valence-electron chi connectivity index (χ4n) is 3.76. The summed E-state index contributed by atoms with van der Waals surface area (Å²) in [7, 11) is 3.26. The number of rotatable bonds is 8. The van der Waals surface area contributed by atoms with E-state index in [0.717, 1.165) is 16.7 Å². The highest BCUT2D eigenvalue weighted by atomic mass is 16.5. The third kappa shape index (κ3) is 4.28. The molecule has 2 unspecified atom stereocenters. The molecule has 0 aliphatic heterocycles. The fraction of sp³-hybridized carbons (Fsp3) is 0.250. The first-order chi connectivity index (χ1) is 13.2. The van der Waals surface area contributed by atoms with Gasteiger partial charge < -0.3 is 14.6 Å². The summed E-state index contributed by atoms with van der Waals surface area (Å²) in [5.74, 6) is 0. The highest BCUT2D eigenvalue weighted by molar-refractivity contribution is 5.29. The van der Waals surface area contributed by atoms with Crippen LogP contribution in [0.15, 0.2) is 91.0 Å². The van der Waals surface area contributed by atoms with Gasteiger partial charge in [-0.1, -0.05) is 91.0 Å². The van der Waals surface area contributed by atoms with Crippen LogP contribution in [-0.4, -0.2) is 24.9 Å². The van der Waals surface area contributed by atoms with E-state index >= 15 is 0 Å². The van der Waals surface area contributed by atoms with Gasteiger partial charge in [0.1, 0.15) is 17.8 Å². The van der Waals surface area contributed by atoms with Crippen molar-refractivity contribution in [2.45, 2.75) is 24.2 Å². The van der Waals surface area contributed by atoms with Gasteiger partial charge >= 0.3 is 0 Å². The lowest BCUT2D eigenvalue weighted by Gasteiger charge is -2.41. The van der Waals surface area contributed by atoms with Gasteiger partial charge in [0.05, 0.1) is 0 Å². The maximum absolute atomic E-state index is 12.0. The fourth-order valence-corrected chi connectivity index (χ4v) is 3.76. The monoisotopic (exact) mass is 362 g/mol. The summed E-state index contributed by atoms with van der Waals surface area (Å²) < 4.78 is 11.7. The minimum absolute atomic E-state index is 0.397. The second-order valence-electron chi connectivity index (χ2n) is 6.71. The molecule has 0 bridgehead atoms. The molecule has 3 nitrogen and oxygen atoms in total. The van der Waals surface area contributed by atoms with E-state index in [1.807, 2.05) is 91.0 Å². The van der Waals surface area contributed by atoms with E-state index in [9.17, 15) is 5.11 Å². The molecule has 140 valence electrons. The van der Waals surface area contributed by atoms with Gasteiger partial charge in [0.25, 0.3) is 0 Å². The lowest BCUT2D eigenvalue weighted by Crippen LogP contribution is -2.46. The molecule has 0 saturated heterocycles. The number of aliphatic hydroxyl groups is 1. The lowest BCUT2D eigenvalue weighted by molar-refractivity contribution is -0.171. The molecule has 0 saturated carbocycles. The summed E-state index contributed by atoms with van der Waals surface area (Å²) in [6, 6.07) is 29.6. The van der Waals surface area contributed by atoms with Crippen molar-refractivity contribution in [1.82, 2.24) is 0 Å². The number of hydrogen-bond acceptors (Lipinski definition) is 3. The van der Waals surface area contributed by atoms with Crippen LogP contribution in [0.3, 0.4) is 0 Å². The van der Waals surface area contributed by atoms with Crippen LogP contribution in [0.4, 0.5) is 0 Å². The van der Waals surface area contributed by atoms with Gasteiger partial charge in [-0.3, -0.25) is 0 Å². The van der Waals surface area contributed by atoms with Gasteiger partial charge in [0.2, 0.25) is 0 Å². The third-order valence-electron chi connectivity index (χ3n) is 4.91. The zero-order valence-corrected chi connectivity index (χ0v) is 15.8. The van der Waals surface area contributed by atoms with Crippen molar-refractivity contribution in [3.63, 3.8) is 0 Å². The van der Waals surface area contributed by atoms with Crippen molar-refractivity contribution in [1.29, 1.82) is 0 Å². The van der Waals surface area contributed by atoms with E-state index in [1.165, 1.54) is 0 Å². The normalized spacial score (nSPS) is 15.7. The SMILES string of the molecule is COC(c1ccccc1)C(O)(Cc1ccccc1)C(OC)c1ccccc1. The van der Waals surface area contributed by atoms with Crippen LogP contribution in [0.1, 0.15) is 28.9 Å². The van der Waals surface area contributed by atoms with Crippen LogP contribution in [-0.2, 0) is 15.9 Å². The summed E-state index contributed by atoms with van der Waals surface area (Å²) in [5.41, 5.74) is 1.55. The molecule has 2 atom stereocenters. The summed E-state index contributed by atoms with van der Waals surface area (Å²) in [5, 5.41) is 12.0. The molecule has 27 heavy (non-hydrogen) atoms. The smallest absolute Gasteiger partial charge is 0.129 e. The van der Waals surface area contributed by atoms with Crippen molar-refractivity contribution >= 4 is 0 Å². The number of benzene rings is 3. The van der Waals surface area contributed by atoms with Gasteiger partial charge in [-0.15, -0.1) is 0 Å². The molecule has 3 aromatic rings. The van der Waals surface area contributed by atoms with Crippen molar-refractivity contribution in [3.8, 4) is 0 Å². The Bertz CT molecular complexity index is 755. The highest BCUT2D eigenvalue weighted by Crippen LogP contribution is 2.43. The Morgan fingerprint density at radius 1 is 0.667 bits per heavy atom. The molecule has 0 spiro atoms. The molecular formula is C24H26O3. The summed E-state index contributed by atoms with van der Waals surface area (Å²) in [6.45, 7) is 0. The van der Waals surface area contributed by atoms with E-state index in [2.05, 4.69) is 0 Å². The Kier molecular flexibility index (Phi) is 6.40. The minimum atomic E-state index is -1.30. The Morgan fingerprint density at radius 3 is 1.41 bits per heavy atom. The molecular weight excluding hydrogens is 336 g/mol. The Hall–Kier alpha value is -2.46. The van der Waals surface area contributed by atoms with E-state index in [0.29, 0.717) is 6.42 Å². The van der Waals surface area contributed by atoms with Crippen LogP contribution in [0.25, 0.3) is 0 Å². The number of hydrogen-bond donors (Lipinski definition) is 1. The quantitative estimate of drug-likeness (QED) is 0.629. The largest absolute Gasteiger partial charge is 0.383 e. The first-order valence-corrected chi connectivity index (χ1v) is 9.11. The van der Waals surface area contributed by atoms with Crippen LogP contribution >= 0.6 is 0 Å². The molecule has 0 aliphatic rings.